The highest BCUT2D eigenvalue weighted by molar-refractivity contribution is 5.45. The molecule has 6 heteroatoms. The number of nitriles is 1. The minimum absolute atomic E-state index is 0.565. The molecule has 0 spiro atoms. The van der Waals surface area contributed by atoms with Gasteiger partial charge >= 0.3 is 0 Å². The second-order valence-corrected chi connectivity index (χ2v) is 7.40. The highest BCUT2D eigenvalue weighted by Gasteiger charge is 2.29. The maximum absolute atomic E-state index is 9.02. The number of hydrogen-bond donors (Lipinski definition) is 3. The molecular formula is C19H30N6. The minimum Gasteiger partial charge on any atom is -0.356 e. The van der Waals surface area contributed by atoms with Crippen LogP contribution in [-0.2, 0) is 0 Å². The molecule has 3 rings (SSSR count). The van der Waals surface area contributed by atoms with Crippen molar-refractivity contribution >= 4 is 5.82 Å². The van der Waals surface area contributed by atoms with Crippen molar-refractivity contribution in [1.82, 2.24) is 21.2 Å². The van der Waals surface area contributed by atoms with Crippen molar-refractivity contribution in [3.05, 3.63) is 23.9 Å². The summed E-state index contributed by atoms with van der Waals surface area (Å²) in [5.41, 5.74) is 7.36. The summed E-state index contributed by atoms with van der Waals surface area (Å²) in [5, 5.41) is 12.7. The standard InChI is InChI=1S/C19H30N6/c1-14-18(15(2)24-23-14)4-3-8-21-17-6-10-25(11-7-17)19-12-16(13-20)5-9-22-19/h5,9,12,14-15,17-18,21,23-24H,3-4,6-8,10-11H2,1-2H3. The maximum Gasteiger partial charge on any atom is 0.129 e. The van der Waals surface area contributed by atoms with E-state index in [-0.39, 0.29) is 0 Å². The van der Waals surface area contributed by atoms with Gasteiger partial charge in [0.1, 0.15) is 5.82 Å². The van der Waals surface area contributed by atoms with Crippen molar-refractivity contribution in [2.24, 2.45) is 5.92 Å². The fraction of sp³-hybridized carbons (Fsp3) is 0.684. The first-order valence-electron chi connectivity index (χ1n) is 9.53. The first-order valence-corrected chi connectivity index (χ1v) is 9.53. The van der Waals surface area contributed by atoms with Crippen LogP contribution in [0.1, 0.15) is 45.1 Å². The fourth-order valence-electron chi connectivity index (χ4n) is 4.03. The van der Waals surface area contributed by atoms with Gasteiger partial charge in [-0.1, -0.05) is 0 Å². The van der Waals surface area contributed by atoms with Crippen LogP contribution in [0.5, 0.6) is 0 Å². The summed E-state index contributed by atoms with van der Waals surface area (Å²) in [7, 11) is 0. The molecule has 2 fully saturated rings. The van der Waals surface area contributed by atoms with Crippen molar-refractivity contribution in [2.45, 2.75) is 57.7 Å². The van der Waals surface area contributed by atoms with Gasteiger partial charge in [-0.15, -0.1) is 0 Å². The fourth-order valence-corrected chi connectivity index (χ4v) is 4.03. The lowest BCUT2D eigenvalue weighted by atomic mass is 9.91. The maximum atomic E-state index is 9.02. The summed E-state index contributed by atoms with van der Waals surface area (Å²) >= 11 is 0. The van der Waals surface area contributed by atoms with Crippen LogP contribution in [0.2, 0.25) is 0 Å². The lowest BCUT2D eigenvalue weighted by Gasteiger charge is -2.33. The summed E-state index contributed by atoms with van der Waals surface area (Å²) < 4.78 is 0. The zero-order valence-corrected chi connectivity index (χ0v) is 15.3. The molecule has 0 radical (unpaired) electrons. The zero-order chi connectivity index (χ0) is 17.6. The van der Waals surface area contributed by atoms with Crippen molar-refractivity contribution in [3.8, 4) is 6.07 Å². The molecule has 0 amide bonds. The van der Waals surface area contributed by atoms with Gasteiger partial charge in [0, 0.05) is 37.4 Å². The van der Waals surface area contributed by atoms with Crippen LogP contribution < -0.4 is 21.1 Å². The monoisotopic (exact) mass is 342 g/mol. The molecule has 2 atom stereocenters. The van der Waals surface area contributed by atoms with E-state index >= 15 is 0 Å². The number of nitrogens with one attached hydrogen (secondary N) is 3. The molecule has 2 aliphatic rings. The van der Waals surface area contributed by atoms with Crippen LogP contribution in [0, 0.1) is 17.2 Å². The molecule has 0 aliphatic carbocycles. The third-order valence-corrected chi connectivity index (χ3v) is 5.66. The van der Waals surface area contributed by atoms with Gasteiger partial charge < -0.3 is 10.2 Å². The van der Waals surface area contributed by atoms with E-state index in [2.05, 4.69) is 46.0 Å². The second kappa shape index (κ2) is 8.61. The summed E-state index contributed by atoms with van der Waals surface area (Å²) in [6, 6.07) is 7.57. The number of piperidine rings is 1. The Bertz CT molecular complexity index is 580. The lowest BCUT2D eigenvalue weighted by Crippen LogP contribution is -2.43. The van der Waals surface area contributed by atoms with Crippen LogP contribution in [0.25, 0.3) is 0 Å². The lowest BCUT2D eigenvalue weighted by molar-refractivity contribution is 0.371. The third kappa shape index (κ3) is 4.69. The Morgan fingerprint density at radius 2 is 2.00 bits per heavy atom. The predicted molar refractivity (Wildman–Crippen MR) is 100 cm³/mol. The molecule has 2 saturated heterocycles. The molecule has 1 aromatic rings. The third-order valence-electron chi connectivity index (χ3n) is 5.66. The first kappa shape index (κ1) is 18.1. The molecule has 3 N–H and O–H groups in total. The van der Waals surface area contributed by atoms with Crippen LogP contribution >= 0.6 is 0 Å². The summed E-state index contributed by atoms with van der Waals surface area (Å²) in [5.74, 6) is 1.66. The van der Waals surface area contributed by atoms with Gasteiger partial charge in [-0.25, -0.2) is 4.98 Å². The molecule has 0 saturated carbocycles. The molecule has 25 heavy (non-hydrogen) atoms. The Balaban J connectivity index is 1.36. The van der Waals surface area contributed by atoms with Crippen LogP contribution in [0.15, 0.2) is 18.3 Å². The smallest absolute Gasteiger partial charge is 0.129 e. The van der Waals surface area contributed by atoms with Crippen molar-refractivity contribution in [3.63, 3.8) is 0 Å². The Hall–Kier alpha value is -1.68. The number of aromatic nitrogens is 1. The highest BCUT2D eigenvalue weighted by Crippen LogP contribution is 2.21. The van der Waals surface area contributed by atoms with Crippen LogP contribution in [0.3, 0.4) is 0 Å². The van der Waals surface area contributed by atoms with E-state index < -0.39 is 0 Å². The Kier molecular flexibility index (Phi) is 6.24. The van der Waals surface area contributed by atoms with E-state index in [1.807, 2.05) is 6.07 Å². The largest absolute Gasteiger partial charge is 0.356 e. The second-order valence-electron chi connectivity index (χ2n) is 7.40. The number of nitrogens with zero attached hydrogens (tertiary/aromatic N) is 3. The quantitative estimate of drug-likeness (QED) is 0.685. The molecule has 0 bridgehead atoms. The Morgan fingerprint density at radius 1 is 1.28 bits per heavy atom. The minimum atomic E-state index is 0.565. The van der Waals surface area contributed by atoms with E-state index in [1.54, 1.807) is 12.3 Å². The molecule has 6 nitrogen and oxygen atoms in total. The number of rotatable bonds is 6. The van der Waals surface area contributed by atoms with Gasteiger partial charge in [0.15, 0.2) is 0 Å². The molecule has 136 valence electrons. The van der Waals surface area contributed by atoms with Crippen LogP contribution in [-0.4, -0.2) is 42.7 Å². The SMILES string of the molecule is CC1NNC(C)C1CCCNC1CCN(c2cc(C#N)ccn2)CC1. The topological polar surface area (TPSA) is 76.0 Å². The van der Waals surface area contributed by atoms with Gasteiger partial charge in [-0.05, 0) is 64.1 Å². The molecule has 1 aromatic heterocycles. The van der Waals surface area contributed by atoms with Gasteiger partial charge in [0.2, 0.25) is 0 Å². The molecule has 0 aromatic carbocycles. The number of hydrazine groups is 1. The Labute approximate surface area is 151 Å². The summed E-state index contributed by atoms with van der Waals surface area (Å²) in [6.07, 6.45) is 6.50. The average molecular weight is 342 g/mol. The van der Waals surface area contributed by atoms with E-state index in [0.29, 0.717) is 23.7 Å². The van der Waals surface area contributed by atoms with E-state index in [4.69, 9.17) is 5.26 Å². The van der Waals surface area contributed by atoms with E-state index in [0.717, 1.165) is 44.2 Å². The van der Waals surface area contributed by atoms with Gasteiger partial charge in [-0.3, -0.25) is 10.9 Å². The van der Waals surface area contributed by atoms with Crippen LogP contribution in [0.4, 0.5) is 5.82 Å². The normalized spacial score (nSPS) is 27.4. The highest BCUT2D eigenvalue weighted by atomic mass is 15.4. The summed E-state index contributed by atoms with van der Waals surface area (Å²) in [4.78, 5) is 6.70. The predicted octanol–water partition coefficient (Wildman–Crippen LogP) is 1.79. The Morgan fingerprint density at radius 3 is 2.68 bits per heavy atom. The van der Waals surface area contributed by atoms with Gasteiger partial charge in [0.25, 0.3) is 0 Å². The van der Waals surface area contributed by atoms with Crippen molar-refractivity contribution < 1.29 is 0 Å². The van der Waals surface area contributed by atoms with Crippen molar-refractivity contribution in [1.29, 1.82) is 5.26 Å². The molecule has 2 unspecified atom stereocenters. The van der Waals surface area contributed by atoms with E-state index in [9.17, 15) is 0 Å². The summed E-state index contributed by atoms with van der Waals surface area (Å²) in [6.45, 7) is 7.64. The first-order chi connectivity index (χ1) is 12.2. The van der Waals surface area contributed by atoms with Gasteiger partial charge in [-0.2, -0.15) is 5.26 Å². The zero-order valence-electron chi connectivity index (χ0n) is 15.3. The number of anilines is 1. The number of pyridine rings is 1. The molecular weight excluding hydrogens is 312 g/mol. The number of hydrogen-bond acceptors (Lipinski definition) is 6. The van der Waals surface area contributed by atoms with Crippen molar-refractivity contribution in [2.75, 3.05) is 24.5 Å². The van der Waals surface area contributed by atoms with E-state index in [1.165, 1.54) is 12.8 Å². The van der Waals surface area contributed by atoms with Gasteiger partial charge in [0.05, 0.1) is 11.6 Å². The average Bonchev–Trinajstić information content (AvgIpc) is 2.97. The molecule has 2 aliphatic heterocycles. The molecule has 3 heterocycles.